The summed E-state index contributed by atoms with van der Waals surface area (Å²) in [7, 11) is 0. The van der Waals surface area contributed by atoms with E-state index in [2.05, 4.69) is 20.9 Å². The number of halogens is 1. The van der Waals surface area contributed by atoms with Gasteiger partial charge >= 0.3 is 5.97 Å². The van der Waals surface area contributed by atoms with Crippen LogP contribution < -0.4 is 10.6 Å². The van der Waals surface area contributed by atoms with E-state index in [0.29, 0.717) is 17.6 Å². The van der Waals surface area contributed by atoms with E-state index in [1.807, 2.05) is 0 Å². The Labute approximate surface area is 117 Å². The van der Waals surface area contributed by atoms with Crippen molar-refractivity contribution in [1.29, 1.82) is 0 Å². The molecule has 1 aliphatic heterocycles. The Morgan fingerprint density at radius 3 is 2.95 bits per heavy atom. The van der Waals surface area contributed by atoms with Gasteiger partial charge in [-0.05, 0) is 22.0 Å². The molecule has 0 bridgehead atoms. The number of anilines is 1. The maximum absolute atomic E-state index is 11.4. The third-order valence-corrected chi connectivity index (χ3v) is 3.23. The number of aromatic nitrogens is 1. The van der Waals surface area contributed by atoms with Crippen molar-refractivity contribution in [1.82, 2.24) is 4.98 Å². The molecule has 0 spiro atoms. The number of carbonyl (C=O) groups is 2. The average molecular weight is 330 g/mol. The summed E-state index contributed by atoms with van der Waals surface area (Å²) in [5.74, 6) is -1.46. The molecule has 2 heterocycles. The van der Waals surface area contributed by atoms with E-state index in [1.165, 1.54) is 12.3 Å². The van der Waals surface area contributed by atoms with Crippen LogP contribution in [0.3, 0.4) is 0 Å². The fourth-order valence-corrected chi connectivity index (χ4v) is 2.24. The van der Waals surface area contributed by atoms with Gasteiger partial charge in [-0.3, -0.25) is 4.79 Å². The van der Waals surface area contributed by atoms with Crippen molar-refractivity contribution in [2.45, 2.75) is 6.04 Å². The molecule has 0 aromatic carbocycles. The van der Waals surface area contributed by atoms with Gasteiger partial charge < -0.3 is 20.5 Å². The first-order valence-corrected chi connectivity index (χ1v) is 6.32. The van der Waals surface area contributed by atoms with Crippen LogP contribution in [-0.4, -0.2) is 47.8 Å². The number of hydrogen-bond donors (Lipinski definition) is 2. The second-order valence-electron chi connectivity index (χ2n) is 4.02. The van der Waals surface area contributed by atoms with Gasteiger partial charge in [-0.25, -0.2) is 9.78 Å². The number of nitrogens with two attached hydrogens (primary N) is 1. The number of carboxylic acid groups (broad SMARTS) is 1. The summed E-state index contributed by atoms with van der Waals surface area (Å²) in [5, 5.41) is 9.21. The van der Waals surface area contributed by atoms with Gasteiger partial charge in [-0.15, -0.1) is 0 Å². The fraction of sp³-hybridized carbons (Fsp3) is 0.364. The Kier molecular flexibility index (Phi) is 4.01. The summed E-state index contributed by atoms with van der Waals surface area (Å²) < 4.78 is 5.75. The van der Waals surface area contributed by atoms with Crippen molar-refractivity contribution in [3.8, 4) is 0 Å². The quantitative estimate of drug-likeness (QED) is 0.822. The molecule has 0 radical (unpaired) electrons. The Morgan fingerprint density at radius 1 is 1.58 bits per heavy atom. The van der Waals surface area contributed by atoms with E-state index in [4.69, 9.17) is 10.5 Å². The van der Waals surface area contributed by atoms with Crippen molar-refractivity contribution in [2.24, 2.45) is 5.73 Å². The highest BCUT2D eigenvalue weighted by molar-refractivity contribution is 9.10. The minimum Gasteiger partial charge on any atom is -0.478 e. The number of carboxylic acids is 1. The highest BCUT2D eigenvalue weighted by Gasteiger charge is 2.31. The van der Waals surface area contributed by atoms with Crippen molar-refractivity contribution >= 4 is 33.6 Å². The van der Waals surface area contributed by atoms with Gasteiger partial charge in [-0.1, -0.05) is 0 Å². The summed E-state index contributed by atoms with van der Waals surface area (Å²) in [6.45, 7) is 0.884. The van der Waals surface area contributed by atoms with Crippen LogP contribution in [0, 0.1) is 0 Å². The molecule has 19 heavy (non-hydrogen) atoms. The molecule has 1 unspecified atom stereocenters. The van der Waals surface area contributed by atoms with Gasteiger partial charge in [0, 0.05) is 17.2 Å². The average Bonchev–Trinajstić information content (AvgIpc) is 2.38. The van der Waals surface area contributed by atoms with Crippen LogP contribution in [0.4, 0.5) is 5.82 Å². The molecule has 102 valence electrons. The number of pyridine rings is 1. The molecule has 0 aliphatic carbocycles. The minimum atomic E-state index is -1.11. The Balaban J connectivity index is 2.44. The first-order valence-electron chi connectivity index (χ1n) is 5.53. The molecule has 1 aromatic rings. The van der Waals surface area contributed by atoms with Gasteiger partial charge in [0.25, 0.3) is 0 Å². The lowest BCUT2D eigenvalue weighted by Gasteiger charge is -2.35. The smallest absolute Gasteiger partial charge is 0.339 e. The Bertz CT molecular complexity index is 523. The molecule has 0 saturated carbocycles. The number of nitrogens with zero attached hydrogens (tertiary/aromatic N) is 2. The highest BCUT2D eigenvalue weighted by Crippen LogP contribution is 2.24. The zero-order valence-corrected chi connectivity index (χ0v) is 11.5. The zero-order valence-electron chi connectivity index (χ0n) is 9.88. The molecule has 3 N–H and O–H groups in total. The predicted octanol–water partition coefficient (Wildman–Crippen LogP) is 0.233. The van der Waals surface area contributed by atoms with E-state index in [-0.39, 0.29) is 18.0 Å². The molecule has 7 nitrogen and oxygen atoms in total. The lowest BCUT2D eigenvalue weighted by atomic mass is 10.1. The topological polar surface area (TPSA) is 106 Å². The van der Waals surface area contributed by atoms with Crippen molar-refractivity contribution in [2.75, 3.05) is 24.7 Å². The second kappa shape index (κ2) is 5.54. The van der Waals surface area contributed by atoms with Crippen molar-refractivity contribution in [3.63, 3.8) is 0 Å². The maximum atomic E-state index is 11.4. The molecule has 1 amide bonds. The molecule has 1 atom stereocenters. The lowest BCUT2D eigenvalue weighted by Crippen LogP contribution is -2.53. The Hall–Kier alpha value is -1.67. The molecule has 2 rings (SSSR count). The molecular weight excluding hydrogens is 318 g/mol. The lowest BCUT2D eigenvalue weighted by molar-refractivity contribution is -0.121. The van der Waals surface area contributed by atoms with Crippen LogP contribution >= 0.6 is 15.9 Å². The summed E-state index contributed by atoms with van der Waals surface area (Å²) >= 11 is 3.17. The molecule has 1 aromatic heterocycles. The first kappa shape index (κ1) is 13.8. The third kappa shape index (κ3) is 2.85. The van der Waals surface area contributed by atoms with Crippen LogP contribution in [0.1, 0.15) is 10.4 Å². The van der Waals surface area contributed by atoms with Crippen LogP contribution in [-0.2, 0) is 9.53 Å². The third-order valence-electron chi connectivity index (χ3n) is 2.79. The van der Waals surface area contributed by atoms with Gasteiger partial charge in [-0.2, -0.15) is 0 Å². The van der Waals surface area contributed by atoms with E-state index in [1.54, 1.807) is 4.90 Å². The number of aromatic carboxylic acids is 1. The summed E-state index contributed by atoms with van der Waals surface area (Å²) in [6.07, 6.45) is 1.48. The number of rotatable bonds is 3. The number of morpholine rings is 1. The monoisotopic (exact) mass is 329 g/mol. The van der Waals surface area contributed by atoms with Crippen LogP contribution in [0.2, 0.25) is 0 Å². The second-order valence-corrected chi connectivity index (χ2v) is 4.93. The standard InChI is InChI=1S/C11H12BrN3O4/c12-6-3-7(11(17)18)10(14-4-6)15-1-2-19-5-8(15)9(13)16/h3-4,8H,1-2,5H2,(H2,13,16)(H,17,18). The van der Waals surface area contributed by atoms with E-state index < -0.39 is 17.9 Å². The zero-order chi connectivity index (χ0) is 14.0. The van der Waals surface area contributed by atoms with Crippen molar-refractivity contribution < 1.29 is 19.4 Å². The van der Waals surface area contributed by atoms with Gasteiger partial charge in [0.2, 0.25) is 5.91 Å². The maximum Gasteiger partial charge on any atom is 0.339 e. The molecule has 1 saturated heterocycles. The summed E-state index contributed by atoms with van der Waals surface area (Å²) in [6, 6.07) is 0.735. The summed E-state index contributed by atoms with van der Waals surface area (Å²) in [4.78, 5) is 28.3. The molecular formula is C11H12BrN3O4. The van der Waals surface area contributed by atoms with E-state index in [9.17, 15) is 14.7 Å². The van der Waals surface area contributed by atoms with Crippen LogP contribution in [0.5, 0.6) is 0 Å². The first-order chi connectivity index (χ1) is 9.00. The molecule has 8 heteroatoms. The van der Waals surface area contributed by atoms with Crippen molar-refractivity contribution in [3.05, 3.63) is 22.3 Å². The molecule has 1 aliphatic rings. The number of carbonyl (C=O) groups excluding carboxylic acids is 1. The number of ether oxygens (including phenoxy) is 1. The van der Waals surface area contributed by atoms with E-state index >= 15 is 0 Å². The number of amides is 1. The predicted molar refractivity (Wildman–Crippen MR) is 70.0 cm³/mol. The largest absolute Gasteiger partial charge is 0.478 e. The normalized spacial score (nSPS) is 19.2. The SMILES string of the molecule is NC(=O)C1COCCN1c1ncc(Br)cc1C(=O)O. The fourth-order valence-electron chi connectivity index (χ4n) is 1.91. The van der Waals surface area contributed by atoms with Crippen LogP contribution in [0.25, 0.3) is 0 Å². The van der Waals surface area contributed by atoms with Crippen LogP contribution in [0.15, 0.2) is 16.7 Å². The molecule has 1 fully saturated rings. The van der Waals surface area contributed by atoms with Gasteiger partial charge in [0.15, 0.2) is 0 Å². The minimum absolute atomic E-state index is 0.0162. The summed E-state index contributed by atoms with van der Waals surface area (Å²) in [5.41, 5.74) is 5.32. The number of hydrogen-bond acceptors (Lipinski definition) is 5. The number of primary amides is 1. The Morgan fingerprint density at radius 2 is 2.32 bits per heavy atom. The van der Waals surface area contributed by atoms with Gasteiger partial charge in [0.05, 0.1) is 13.2 Å². The van der Waals surface area contributed by atoms with Gasteiger partial charge in [0.1, 0.15) is 17.4 Å². The highest BCUT2D eigenvalue weighted by atomic mass is 79.9. The van der Waals surface area contributed by atoms with E-state index in [0.717, 1.165) is 0 Å².